The van der Waals surface area contributed by atoms with Gasteiger partial charge in [-0.05, 0) is 31.4 Å². The van der Waals surface area contributed by atoms with Crippen LogP contribution in [0.2, 0.25) is 0 Å². The number of benzene rings is 1. The van der Waals surface area contributed by atoms with Crippen molar-refractivity contribution in [1.29, 1.82) is 0 Å². The van der Waals surface area contributed by atoms with E-state index in [-0.39, 0.29) is 17.0 Å². The second kappa shape index (κ2) is 6.13. The molecule has 0 bridgehead atoms. The van der Waals surface area contributed by atoms with Gasteiger partial charge >= 0.3 is 5.97 Å². The van der Waals surface area contributed by atoms with Crippen molar-refractivity contribution >= 4 is 16.0 Å². The molecular formula is C14H19NO5S. The molecule has 0 aromatic heterocycles. The summed E-state index contributed by atoms with van der Waals surface area (Å²) in [7, 11) is -1.00. The highest BCUT2D eigenvalue weighted by atomic mass is 32.2. The van der Waals surface area contributed by atoms with Crippen molar-refractivity contribution in [2.75, 3.05) is 20.8 Å². The highest BCUT2D eigenvalue weighted by molar-refractivity contribution is 7.89. The Morgan fingerprint density at radius 3 is 2.48 bits per heavy atom. The number of carbonyl (C=O) groups is 1. The van der Waals surface area contributed by atoms with Gasteiger partial charge in [0.05, 0.1) is 23.2 Å². The molecular weight excluding hydrogens is 294 g/mol. The number of ether oxygens (including phenoxy) is 2. The van der Waals surface area contributed by atoms with Crippen LogP contribution in [0.25, 0.3) is 0 Å². The largest absolute Gasteiger partial charge is 0.465 e. The van der Waals surface area contributed by atoms with Crippen LogP contribution in [0, 0.1) is 0 Å². The highest BCUT2D eigenvalue weighted by Crippen LogP contribution is 2.34. The summed E-state index contributed by atoms with van der Waals surface area (Å²) in [6.07, 6.45) is 2.67. The molecule has 1 aliphatic carbocycles. The molecule has 1 aromatic rings. The highest BCUT2D eigenvalue weighted by Gasteiger charge is 2.38. The summed E-state index contributed by atoms with van der Waals surface area (Å²) in [4.78, 5) is 11.6. The minimum atomic E-state index is -3.80. The molecule has 116 valence electrons. The molecule has 0 atom stereocenters. The Morgan fingerprint density at radius 1 is 1.29 bits per heavy atom. The Bertz CT molecular complexity index is 616. The van der Waals surface area contributed by atoms with E-state index in [0.29, 0.717) is 0 Å². The maximum atomic E-state index is 12.4. The predicted molar refractivity (Wildman–Crippen MR) is 76.6 cm³/mol. The molecule has 0 spiro atoms. The molecule has 1 aliphatic rings. The minimum absolute atomic E-state index is 0.0209. The lowest BCUT2D eigenvalue weighted by Crippen LogP contribution is -2.49. The third-order valence-corrected chi connectivity index (χ3v) is 5.32. The molecule has 7 heteroatoms. The maximum absolute atomic E-state index is 12.4. The van der Waals surface area contributed by atoms with Gasteiger partial charge < -0.3 is 9.47 Å². The van der Waals surface area contributed by atoms with Gasteiger partial charge in [0.1, 0.15) is 0 Å². The normalized spacial score (nSPS) is 17.0. The molecule has 0 saturated heterocycles. The van der Waals surface area contributed by atoms with E-state index in [1.807, 2.05) is 0 Å². The topological polar surface area (TPSA) is 81.7 Å². The lowest BCUT2D eigenvalue weighted by molar-refractivity contribution is -0.0659. The van der Waals surface area contributed by atoms with Crippen LogP contribution < -0.4 is 4.72 Å². The van der Waals surface area contributed by atoms with Gasteiger partial charge in [-0.1, -0.05) is 12.1 Å². The molecule has 1 aromatic carbocycles. The fourth-order valence-electron chi connectivity index (χ4n) is 2.31. The Hall–Kier alpha value is -1.44. The number of esters is 1. The second-order valence-electron chi connectivity index (χ2n) is 5.05. The van der Waals surface area contributed by atoms with Crippen LogP contribution in [0.15, 0.2) is 29.2 Å². The van der Waals surface area contributed by atoms with E-state index in [4.69, 9.17) is 4.74 Å². The third kappa shape index (κ3) is 3.25. The summed E-state index contributed by atoms with van der Waals surface area (Å²) in [5.74, 6) is -0.680. The Morgan fingerprint density at radius 2 is 1.95 bits per heavy atom. The zero-order chi connectivity index (χ0) is 15.5. The first-order valence-electron chi connectivity index (χ1n) is 6.66. The summed E-state index contributed by atoms with van der Waals surface area (Å²) in [5.41, 5.74) is -0.402. The van der Waals surface area contributed by atoms with Gasteiger partial charge in [0, 0.05) is 13.7 Å². The molecule has 0 aliphatic heterocycles. The summed E-state index contributed by atoms with van der Waals surface area (Å²) in [6, 6.07) is 5.97. The minimum Gasteiger partial charge on any atom is -0.465 e. The summed E-state index contributed by atoms with van der Waals surface area (Å²) >= 11 is 0. The van der Waals surface area contributed by atoms with E-state index in [2.05, 4.69) is 9.46 Å². The zero-order valence-corrected chi connectivity index (χ0v) is 12.9. The van der Waals surface area contributed by atoms with Crippen molar-refractivity contribution in [3.05, 3.63) is 29.8 Å². The molecule has 1 N–H and O–H groups in total. The van der Waals surface area contributed by atoms with Gasteiger partial charge in [0.15, 0.2) is 0 Å². The number of sulfonamides is 1. The van der Waals surface area contributed by atoms with Crippen LogP contribution in [0.1, 0.15) is 29.6 Å². The maximum Gasteiger partial charge on any atom is 0.339 e. The van der Waals surface area contributed by atoms with E-state index in [0.717, 1.165) is 19.3 Å². The van der Waals surface area contributed by atoms with Crippen molar-refractivity contribution < 1.29 is 22.7 Å². The molecule has 0 amide bonds. The predicted octanol–water partition coefficient (Wildman–Crippen LogP) is 1.32. The standard InChI is InChI=1S/C14H19NO5S/c1-19-13(16)11-6-3-4-7-12(11)21(17,18)15-10-14(20-2)8-5-9-14/h3-4,6-7,15H,5,8-10H2,1-2H3. The Kier molecular flexibility index (Phi) is 4.65. The van der Waals surface area contributed by atoms with E-state index < -0.39 is 21.6 Å². The number of rotatable bonds is 6. The van der Waals surface area contributed by atoms with Gasteiger partial charge in [0.25, 0.3) is 0 Å². The second-order valence-corrected chi connectivity index (χ2v) is 6.79. The lowest BCUT2D eigenvalue weighted by atomic mass is 9.80. The fourth-order valence-corrected chi connectivity index (χ4v) is 3.62. The summed E-state index contributed by atoms with van der Waals surface area (Å²) in [6.45, 7) is 0.196. The molecule has 0 heterocycles. The first kappa shape index (κ1) is 15.9. The molecule has 0 radical (unpaired) electrons. The van der Waals surface area contributed by atoms with Crippen LogP contribution >= 0.6 is 0 Å². The number of hydrogen-bond acceptors (Lipinski definition) is 5. The van der Waals surface area contributed by atoms with Crippen LogP contribution in [0.3, 0.4) is 0 Å². The van der Waals surface area contributed by atoms with Gasteiger partial charge in [-0.15, -0.1) is 0 Å². The van der Waals surface area contributed by atoms with E-state index in [1.54, 1.807) is 19.2 Å². The van der Waals surface area contributed by atoms with Crippen LogP contribution in [-0.4, -0.2) is 40.8 Å². The van der Waals surface area contributed by atoms with E-state index in [9.17, 15) is 13.2 Å². The van der Waals surface area contributed by atoms with Gasteiger partial charge in [-0.25, -0.2) is 17.9 Å². The monoisotopic (exact) mass is 313 g/mol. The average Bonchev–Trinajstić information content (AvgIpc) is 2.45. The lowest BCUT2D eigenvalue weighted by Gasteiger charge is -2.40. The van der Waals surface area contributed by atoms with Crippen molar-refractivity contribution in [1.82, 2.24) is 4.72 Å². The Balaban J connectivity index is 2.22. The van der Waals surface area contributed by atoms with Crippen molar-refractivity contribution in [3.8, 4) is 0 Å². The van der Waals surface area contributed by atoms with Crippen molar-refractivity contribution in [3.63, 3.8) is 0 Å². The fraction of sp³-hybridized carbons (Fsp3) is 0.500. The smallest absolute Gasteiger partial charge is 0.339 e. The van der Waals surface area contributed by atoms with Crippen LogP contribution in [0.5, 0.6) is 0 Å². The third-order valence-electron chi connectivity index (χ3n) is 3.86. The van der Waals surface area contributed by atoms with Crippen LogP contribution in [0.4, 0.5) is 0 Å². The molecule has 21 heavy (non-hydrogen) atoms. The number of methoxy groups -OCH3 is 2. The number of nitrogens with one attached hydrogen (secondary N) is 1. The summed E-state index contributed by atoms with van der Waals surface area (Å²) in [5, 5.41) is 0. The molecule has 1 saturated carbocycles. The summed E-state index contributed by atoms with van der Waals surface area (Å²) < 4.78 is 37.3. The quantitative estimate of drug-likeness (QED) is 0.801. The first-order chi connectivity index (χ1) is 9.94. The van der Waals surface area contributed by atoms with Crippen LogP contribution in [-0.2, 0) is 19.5 Å². The molecule has 6 nitrogen and oxygen atoms in total. The number of carbonyl (C=O) groups excluding carboxylic acids is 1. The van der Waals surface area contributed by atoms with Crippen molar-refractivity contribution in [2.24, 2.45) is 0 Å². The van der Waals surface area contributed by atoms with Gasteiger partial charge in [0.2, 0.25) is 10.0 Å². The average molecular weight is 313 g/mol. The molecule has 1 fully saturated rings. The molecule has 2 rings (SSSR count). The first-order valence-corrected chi connectivity index (χ1v) is 8.15. The SMILES string of the molecule is COC(=O)c1ccccc1S(=O)(=O)NCC1(OC)CCC1. The van der Waals surface area contributed by atoms with Gasteiger partial charge in [-0.3, -0.25) is 0 Å². The van der Waals surface area contributed by atoms with Crippen molar-refractivity contribution in [2.45, 2.75) is 29.8 Å². The van der Waals surface area contributed by atoms with Gasteiger partial charge in [-0.2, -0.15) is 0 Å². The van der Waals surface area contributed by atoms with E-state index >= 15 is 0 Å². The Labute approximate surface area is 124 Å². The number of hydrogen-bond donors (Lipinski definition) is 1. The molecule has 0 unspecified atom stereocenters. The zero-order valence-electron chi connectivity index (χ0n) is 12.1. The van der Waals surface area contributed by atoms with E-state index in [1.165, 1.54) is 19.2 Å².